The second kappa shape index (κ2) is 12.7. The van der Waals surface area contributed by atoms with Gasteiger partial charge in [0.05, 0.1) is 23.5 Å². The van der Waals surface area contributed by atoms with Gasteiger partial charge in [0.15, 0.2) is 0 Å². The average Bonchev–Trinajstić information content (AvgIpc) is 3.50. The molecule has 1 fully saturated rings. The summed E-state index contributed by atoms with van der Waals surface area (Å²) in [5.41, 5.74) is 4.26. The Bertz CT molecular complexity index is 1860. The third kappa shape index (κ3) is 6.51. The van der Waals surface area contributed by atoms with Gasteiger partial charge in [0.2, 0.25) is 23.6 Å². The van der Waals surface area contributed by atoms with Gasteiger partial charge in [-0.3, -0.25) is 14.6 Å². The average molecular weight is 605 g/mol. The summed E-state index contributed by atoms with van der Waals surface area (Å²) in [5.74, 6) is 1.44. The molecule has 0 aliphatic carbocycles. The van der Waals surface area contributed by atoms with Crippen LogP contribution in [0.1, 0.15) is 6.92 Å². The van der Waals surface area contributed by atoms with Crippen LogP contribution in [0.25, 0.3) is 22.3 Å². The van der Waals surface area contributed by atoms with Crippen molar-refractivity contribution in [2.24, 2.45) is 0 Å². The number of anilines is 5. The van der Waals surface area contributed by atoms with Gasteiger partial charge >= 0.3 is 0 Å². The highest BCUT2D eigenvalue weighted by Gasteiger charge is 2.20. The summed E-state index contributed by atoms with van der Waals surface area (Å²) >= 11 is 0. The summed E-state index contributed by atoms with van der Waals surface area (Å²) in [4.78, 5) is 49.3. The number of carbonyl (C=O) groups excluding carboxylic acids is 2. The summed E-state index contributed by atoms with van der Waals surface area (Å²) in [7, 11) is 1.78. The topological polar surface area (TPSA) is 153 Å². The van der Waals surface area contributed by atoms with E-state index in [9.17, 15) is 9.59 Å². The maximum Gasteiger partial charge on any atom is 0.247 e. The molecule has 2 aromatic carbocycles. The van der Waals surface area contributed by atoms with Gasteiger partial charge in [0.1, 0.15) is 17.2 Å². The molecule has 228 valence electrons. The Balaban J connectivity index is 1.31. The van der Waals surface area contributed by atoms with Crippen molar-refractivity contribution < 1.29 is 14.3 Å². The number of H-pyrrole nitrogens is 1. The van der Waals surface area contributed by atoms with Crippen molar-refractivity contribution >= 4 is 51.7 Å². The lowest BCUT2D eigenvalue weighted by atomic mass is 10.2. The Morgan fingerprint density at radius 3 is 2.53 bits per heavy atom. The fourth-order valence-electron chi connectivity index (χ4n) is 5.05. The molecule has 3 aromatic heterocycles. The van der Waals surface area contributed by atoms with E-state index in [0.717, 1.165) is 24.5 Å². The van der Waals surface area contributed by atoms with Gasteiger partial charge in [-0.25, -0.2) is 4.98 Å². The molecule has 13 nitrogen and oxygen atoms in total. The molecule has 0 atom stereocenters. The van der Waals surface area contributed by atoms with Crippen LogP contribution in [0.3, 0.4) is 0 Å². The lowest BCUT2D eigenvalue weighted by molar-refractivity contribution is -0.129. The standard InChI is InChI=1S/C32H32N10O3/c1-4-28(44)36-22-6-5-7-24(16-22)45-31-29-25(26-18-34-19-27(33-3)38-26)17-35-30(29)39-32(40-31)37-21-8-10-23(11-9-21)42-14-12-41(13-15-42)20(2)43/h4-11,16-19H,1,12-15H2,2-3H3,(H,33,38)(H,36,44)(H2,35,37,39,40). The minimum absolute atomic E-state index is 0.107. The first-order valence-corrected chi connectivity index (χ1v) is 14.4. The fourth-order valence-corrected chi connectivity index (χ4v) is 5.05. The molecule has 13 heteroatoms. The largest absolute Gasteiger partial charge is 0.438 e. The lowest BCUT2D eigenvalue weighted by Gasteiger charge is -2.35. The molecule has 2 amide bonds. The van der Waals surface area contributed by atoms with Crippen LogP contribution in [0.2, 0.25) is 0 Å². The molecule has 0 saturated carbocycles. The Morgan fingerprint density at radius 2 is 1.80 bits per heavy atom. The molecule has 0 radical (unpaired) electrons. The maximum atomic E-state index is 11.9. The van der Waals surface area contributed by atoms with Crippen LogP contribution in [0.5, 0.6) is 11.6 Å². The van der Waals surface area contributed by atoms with Crippen LogP contribution in [-0.4, -0.2) is 74.9 Å². The smallest absolute Gasteiger partial charge is 0.247 e. The third-order valence-corrected chi connectivity index (χ3v) is 7.38. The van der Waals surface area contributed by atoms with Gasteiger partial charge in [-0.1, -0.05) is 12.6 Å². The summed E-state index contributed by atoms with van der Waals surface area (Å²) < 4.78 is 6.34. The van der Waals surface area contributed by atoms with Gasteiger partial charge in [-0.2, -0.15) is 9.97 Å². The highest BCUT2D eigenvalue weighted by atomic mass is 16.5. The first-order valence-electron chi connectivity index (χ1n) is 14.4. The zero-order chi connectivity index (χ0) is 31.3. The number of aromatic amines is 1. The van der Waals surface area contributed by atoms with Crippen molar-refractivity contribution in [2.45, 2.75) is 6.92 Å². The number of ether oxygens (including phenoxy) is 1. The maximum absolute atomic E-state index is 11.9. The number of fused-ring (bicyclic) bond motifs is 1. The van der Waals surface area contributed by atoms with Crippen LogP contribution >= 0.6 is 0 Å². The second-order valence-electron chi connectivity index (χ2n) is 10.3. The van der Waals surface area contributed by atoms with E-state index in [1.807, 2.05) is 29.2 Å². The van der Waals surface area contributed by atoms with Crippen molar-refractivity contribution in [1.29, 1.82) is 0 Å². The number of amides is 2. The molecule has 0 spiro atoms. The number of aromatic nitrogens is 5. The summed E-state index contributed by atoms with van der Waals surface area (Å²) in [5, 5.41) is 9.66. The molecule has 4 heterocycles. The van der Waals surface area contributed by atoms with E-state index in [2.05, 4.69) is 42.4 Å². The first kappa shape index (κ1) is 29.1. The second-order valence-corrected chi connectivity index (χ2v) is 10.3. The zero-order valence-electron chi connectivity index (χ0n) is 24.9. The van der Waals surface area contributed by atoms with E-state index >= 15 is 0 Å². The van der Waals surface area contributed by atoms with E-state index < -0.39 is 0 Å². The van der Waals surface area contributed by atoms with Crippen LogP contribution < -0.4 is 25.6 Å². The summed E-state index contributed by atoms with van der Waals surface area (Å²) in [6, 6.07) is 15.0. The highest BCUT2D eigenvalue weighted by molar-refractivity contribution is 5.99. The predicted octanol–water partition coefficient (Wildman–Crippen LogP) is 4.79. The highest BCUT2D eigenvalue weighted by Crippen LogP contribution is 2.37. The molecule has 45 heavy (non-hydrogen) atoms. The normalized spacial score (nSPS) is 12.9. The Morgan fingerprint density at radius 1 is 1.00 bits per heavy atom. The SMILES string of the molecule is C=CC(=O)Nc1cccc(Oc2nc(Nc3ccc(N4CCN(C(C)=O)CC4)cc3)nc3[nH]cc(-c4cncc(NC)n4)c23)c1. The van der Waals surface area contributed by atoms with E-state index in [1.54, 1.807) is 56.8 Å². The van der Waals surface area contributed by atoms with Crippen molar-refractivity contribution in [3.8, 4) is 22.9 Å². The molecule has 1 aliphatic heterocycles. The van der Waals surface area contributed by atoms with Gasteiger partial charge in [0.25, 0.3) is 0 Å². The number of benzene rings is 2. The summed E-state index contributed by atoms with van der Waals surface area (Å²) in [6.07, 6.45) is 6.29. The van der Waals surface area contributed by atoms with Crippen LogP contribution in [0.15, 0.2) is 79.8 Å². The number of carbonyl (C=O) groups is 2. The Hall–Kier alpha value is -5.98. The molecule has 4 N–H and O–H groups in total. The van der Waals surface area contributed by atoms with Crippen molar-refractivity contribution in [2.75, 3.05) is 54.1 Å². The number of rotatable bonds is 9. The number of hydrogen-bond acceptors (Lipinski definition) is 10. The molecular weight excluding hydrogens is 572 g/mol. The van der Waals surface area contributed by atoms with E-state index in [-0.39, 0.29) is 17.7 Å². The zero-order valence-corrected chi connectivity index (χ0v) is 24.9. The monoisotopic (exact) mass is 604 g/mol. The van der Waals surface area contributed by atoms with Crippen molar-refractivity contribution in [3.05, 3.63) is 79.8 Å². The molecule has 1 aliphatic rings. The molecule has 6 rings (SSSR count). The van der Waals surface area contributed by atoms with Crippen molar-refractivity contribution in [1.82, 2.24) is 29.8 Å². The van der Waals surface area contributed by atoms with Gasteiger partial charge < -0.3 is 35.5 Å². The molecule has 1 saturated heterocycles. The van der Waals surface area contributed by atoms with E-state index in [0.29, 0.717) is 58.6 Å². The fraction of sp³-hybridized carbons (Fsp3) is 0.188. The first-order chi connectivity index (χ1) is 21.9. The number of piperazine rings is 1. The minimum atomic E-state index is -0.330. The number of hydrogen-bond donors (Lipinski definition) is 4. The Labute approximate surface area is 259 Å². The third-order valence-electron chi connectivity index (χ3n) is 7.38. The molecule has 0 bridgehead atoms. The van der Waals surface area contributed by atoms with Crippen LogP contribution in [0.4, 0.5) is 28.8 Å². The summed E-state index contributed by atoms with van der Waals surface area (Å²) in [6.45, 7) is 8.09. The van der Waals surface area contributed by atoms with E-state index in [1.165, 1.54) is 6.08 Å². The van der Waals surface area contributed by atoms with Crippen LogP contribution in [-0.2, 0) is 9.59 Å². The minimum Gasteiger partial charge on any atom is -0.438 e. The molecule has 5 aromatic rings. The van der Waals surface area contributed by atoms with Crippen LogP contribution in [0, 0.1) is 0 Å². The van der Waals surface area contributed by atoms with E-state index in [4.69, 9.17) is 14.7 Å². The van der Waals surface area contributed by atoms with Gasteiger partial charge in [0, 0.05) is 75.0 Å². The Kier molecular flexibility index (Phi) is 8.22. The molecular formula is C32H32N10O3. The predicted molar refractivity (Wildman–Crippen MR) is 174 cm³/mol. The quantitative estimate of drug-likeness (QED) is 0.173. The molecule has 0 unspecified atom stereocenters. The number of nitrogens with zero attached hydrogens (tertiary/aromatic N) is 6. The van der Waals surface area contributed by atoms with Gasteiger partial charge in [-0.05, 0) is 42.5 Å². The van der Waals surface area contributed by atoms with Gasteiger partial charge in [-0.15, -0.1) is 0 Å². The van der Waals surface area contributed by atoms with Crippen molar-refractivity contribution in [3.63, 3.8) is 0 Å². The lowest BCUT2D eigenvalue weighted by Crippen LogP contribution is -2.48. The number of nitrogens with one attached hydrogen (secondary N) is 4.